The number of piperazine rings is 1. The Kier molecular flexibility index (Phi) is 3.41. The Morgan fingerprint density at radius 2 is 2.33 bits per heavy atom. The summed E-state index contributed by atoms with van der Waals surface area (Å²) in [5.74, 6) is 1.05. The van der Waals surface area contributed by atoms with Crippen molar-refractivity contribution in [2.24, 2.45) is 5.73 Å². The third-order valence-electron chi connectivity index (χ3n) is 4.47. The van der Waals surface area contributed by atoms with Gasteiger partial charge in [-0.15, -0.1) is 0 Å². The van der Waals surface area contributed by atoms with E-state index in [1.165, 1.54) is 32.5 Å². The number of hydrogen-bond acceptors (Lipinski definition) is 4. The Hall–Kier alpha value is -0.840. The van der Waals surface area contributed by atoms with E-state index in [1.807, 2.05) is 6.07 Å². The Balaban J connectivity index is 1.68. The molecule has 0 saturated carbocycles. The molecule has 4 nitrogen and oxygen atoms in total. The van der Waals surface area contributed by atoms with Gasteiger partial charge in [0.1, 0.15) is 5.76 Å². The summed E-state index contributed by atoms with van der Waals surface area (Å²) in [6.45, 7) is 7.46. The quantitative estimate of drug-likeness (QED) is 0.879. The zero-order valence-electron chi connectivity index (χ0n) is 11.1. The first-order chi connectivity index (χ1) is 8.78. The predicted octanol–water partition coefficient (Wildman–Crippen LogP) is 1.41. The van der Waals surface area contributed by atoms with Gasteiger partial charge >= 0.3 is 0 Å². The standard InChI is InChI=1S/C14H23N3O/c1-11-8-16-5-2-3-13(16)9-17(11)10-14-12(7-15)4-6-18-14/h4,6,11,13H,2-3,5,7-10,15H2,1H3. The van der Waals surface area contributed by atoms with Crippen molar-refractivity contribution < 1.29 is 4.42 Å². The number of fused-ring (bicyclic) bond motifs is 1. The second-order valence-corrected chi connectivity index (χ2v) is 5.64. The van der Waals surface area contributed by atoms with Crippen LogP contribution < -0.4 is 5.73 Å². The van der Waals surface area contributed by atoms with Gasteiger partial charge in [-0.3, -0.25) is 9.80 Å². The molecular weight excluding hydrogens is 226 g/mol. The molecule has 0 amide bonds. The molecule has 3 heterocycles. The van der Waals surface area contributed by atoms with Crippen LogP contribution in [0.15, 0.2) is 16.7 Å². The second-order valence-electron chi connectivity index (χ2n) is 5.64. The largest absolute Gasteiger partial charge is 0.468 e. The van der Waals surface area contributed by atoms with Crippen LogP contribution >= 0.6 is 0 Å². The first-order valence-electron chi connectivity index (χ1n) is 7.01. The maximum Gasteiger partial charge on any atom is 0.122 e. The van der Waals surface area contributed by atoms with Gasteiger partial charge in [0.2, 0.25) is 0 Å². The van der Waals surface area contributed by atoms with Crippen LogP contribution in [0.4, 0.5) is 0 Å². The summed E-state index contributed by atoms with van der Waals surface area (Å²) in [5.41, 5.74) is 6.88. The lowest BCUT2D eigenvalue weighted by molar-refractivity contribution is 0.0492. The minimum Gasteiger partial charge on any atom is -0.468 e. The molecule has 0 aromatic carbocycles. The maximum atomic E-state index is 5.73. The highest BCUT2D eigenvalue weighted by atomic mass is 16.3. The summed E-state index contributed by atoms with van der Waals surface area (Å²) in [6.07, 6.45) is 4.47. The van der Waals surface area contributed by atoms with Crippen LogP contribution in [-0.2, 0) is 13.1 Å². The van der Waals surface area contributed by atoms with E-state index in [0.717, 1.165) is 23.9 Å². The minimum absolute atomic E-state index is 0.573. The van der Waals surface area contributed by atoms with Crippen molar-refractivity contribution in [3.63, 3.8) is 0 Å². The van der Waals surface area contributed by atoms with Gasteiger partial charge in [-0.2, -0.15) is 0 Å². The van der Waals surface area contributed by atoms with E-state index in [2.05, 4.69) is 16.7 Å². The lowest BCUT2D eigenvalue weighted by Gasteiger charge is -2.42. The molecule has 4 heteroatoms. The Labute approximate surface area is 109 Å². The van der Waals surface area contributed by atoms with E-state index in [4.69, 9.17) is 10.2 Å². The van der Waals surface area contributed by atoms with Gasteiger partial charge in [0.15, 0.2) is 0 Å². The van der Waals surface area contributed by atoms with Gasteiger partial charge in [0, 0.05) is 37.3 Å². The van der Waals surface area contributed by atoms with Crippen LogP contribution in [0.3, 0.4) is 0 Å². The molecule has 3 rings (SSSR count). The molecule has 1 aromatic heterocycles. The Morgan fingerprint density at radius 3 is 3.17 bits per heavy atom. The van der Waals surface area contributed by atoms with Gasteiger partial charge in [-0.1, -0.05) is 0 Å². The van der Waals surface area contributed by atoms with Crippen molar-refractivity contribution in [1.82, 2.24) is 9.80 Å². The van der Waals surface area contributed by atoms with E-state index in [9.17, 15) is 0 Å². The minimum atomic E-state index is 0.573. The molecule has 18 heavy (non-hydrogen) atoms. The number of furan rings is 1. The molecule has 0 bridgehead atoms. The van der Waals surface area contributed by atoms with Crippen molar-refractivity contribution in [2.75, 3.05) is 19.6 Å². The molecule has 2 atom stereocenters. The molecular formula is C14H23N3O. The molecule has 1 aromatic rings. The first kappa shape index (κ1) is 12.2. The Morgan fingerprint density at radius 1 is 1.44 bits per heavy atom. The van der Waals surface area contributed by atoms with Crippen molar-refractivity contribution in [1.29, 1.82) is 0 Å². The van der Waals surface area contributed by atoms with Crippen LogP contribution in [-0.4, -0.2) is 41.5 Å². The lowest BCUT2D eigenvalue weighted by atomic mass is 10.1. The highest BCUT2D eigenvalue weighted by molar-refractivity contribution is 5.16. The van der Waals surface area contributed by atoms with Crippen LogP contribution in [0, 0.1) is 0 Å². The Bertz CT molecular complexity index is 403. The van der Waals surface area contributed by atoms with Gasteiger partial charge < -0.3 is 10.2 Å². The fourth-order valence-corrected chi connectivity index (χ4v) is 3.34. The zero-order chi connectivity index (χ0) is 12.5. The van der Waals surface area contributed by atoms with Gasteiger partial charge in [0.05, 0.1) is 12.8 Å². The highest BCUT2D eigenvalue weighted by Crippen LogP contribution is 2.26. The smallest absolute Gasteiger partial charge is 0.122 e. The van der Waals surface area contributed by atoms with E-state index < -0.39 is 0 Å². The van der Waals surface area contributed by atoms with Crippen molar-refractivity contribution >= 4 is 0 Å². The van der Waals surface area contributed by atoms with Gasteiger partial charge in [-0.05, 0) is 32.4 Å². The lowest BCUT2D eigenvalue weighted by Crippen LogP contribution is -2.54. The molecule has 2 aliphatic heterocycles. The highest BCUT2D eigenvalue weighted by Gasteiger charge is 2.34. The summed E-state index contributed by atoms with van der Waals surface area (Å²) in [7, 11) is 0. The normalized spacial score (nSPS) is 29.7. The van der Waals surface area contributed by atoms with Gasteiger partial charge in [0.25, 0.3) is 0 Å². The third kappa shape index (κ3) is 2.20. The SMILES string of the molecule is CC1CN2CCCC2CN1Cc1occc1CN. The molecule has 2 aliphatic rings. The molecule has 2 fully saturated rings. The molecule has 2 saturated heterocycles. The average Bonchev–Trinajstić information content (AvgIpc) is 2.98. The van der Waals surface area contributed by atoms with Crippen LogP contribution in [0.2, 0.25) is 0 Å². The van der Waals surface area contributed by atoms with Crippen molar-refractivity contribution in [2.45, 2.75) is 44.9 Å². The van der Waals surface area contributed by atoms with Crippen LogP contribution in [0.5, 0.6) is 0 Å². The summed E-state index contributed by atoms with van der Waals surface area (Å²) in [4.78, 5) is 5.19. The number of hydrogen-bond donors (Lipinski definition) is 1. The van der Waals surface area contributed by atoms with E-state index >= 15 is 0 Å². The fourth-order valence-electron chi connectivity index (χ4n) is 3.34. The number of nitrogens with two attached hydrogens (primary N) is 1. The molecule has 0 aliphatic carbocycles. The monoisotopic (exact) mass is 249 g/mol. The van der Waals surface area contributed by atoms with E-state index in [0.29, 0.717) is 12.6 Å². The summed E-state index contributed by atoms with van der Waals surface area (Å²) < 4.78 is 5.58. The van der Waals surface area contributed by atoms with Crippen LogP contribution in [0.1, 0.15) is 31.1 Å². The third-order valence-corrected chi connectivity index (χ3v) is 4.47. The molecule has 2 unspecified atom stereocenters. The first-order valence-corrected chi connectivity index (χ1v) is 7.01. The summed E-state index contributed by atoms with van der Waals surface area (Å²) in [5, 5.41) is 0. The van der Waals surface area contributed by atoms with Crippen molar-refractivity contribution in [3.8, 4) is 0 Å². The second kappa shape index (κ2) is 5.03. The topological polar surface area (TPSA) is 45.6 Å². The predicted molar refractivity (Wildman–Crippen MR) is 71.1 cm³/mol. The average molecular weight is 249 g/mol. The summed E-state index contributed by atoms with van der Waals surface area (Å²) >= 11 is 0. The maximum absolute atomic E-state index is 5.73. The fraction of sp³-hybridized carbons (Fsp3) is 0.714. The van der Waals surface area contributed by atoms with E-state index in [-0.39, 0.29) is 0 Å². The number of nitrogens with zero attached hydrogens (tertiary/aromatic N) is 2. The number of rotatable bonds is 3. The molecule has 100 valence electrons. The summed E-state index contributed by atoms with van der Waals surface area (Å²) in [6, 6.07) is 3.36. The molecule has 0 radical (unpaired) electrons. The van der Waals surface area contributed by atoms with Crippen LogP contribution in [0.25, 0.3) is 0 Å². The molecule has 0 spiro atoms. The molecule has 2 N–H and O–H groups in total. The van der Waals surface area contributed by atoms with E-state index in [1.54, 1.807) is 6.26 Å². The zero-order valence-corrected chi connectivity index (χ0v) is 11.1. The van der Waals surface area contributed by atoms with Gasteiger partial charge in [-0.25, -0.2) is 0 Å². The van der Waals surface area contributed by atoms with Crippen molar-refractivity contribution in [3.05, 3.63) is 23.7 Å².